The molecule has 142 valence electrons. The Labute approximate surface area is 160 Å². The molecule has 0 aliphatic rings. The summed E-state index contributed by atoms with van der Waals surface area (Å²) in [6.07, 6.45) is 4.54. The van der Waals surface area contributed by atoms with Crippen molar-refractivity contribution < 1.29 is 23.0 Å². The lowest BCUT2D eigenvalue weighted by Crippen LogP contribution is -2.08. The molecule has 0 aliphatic heterocycles. The van der Waals surface area contributed by atoms with E-state index in [4.69, 9.17) is 9.47 Å². The number of ether oxygens (including phenoxy) is 2. The molecule has 4 nitrogen and oxygen atoms in total. The molecular weight excluding hydrogens is 372 g/mol. The topological polar surface area (TPSA) is 47.6 Å². The number of nitrogens with one attached hydrogen (secondary N) is 1. The summed E-state index contributed by atoms with van der Waals surface area (Å²) in [5, 5.41) is 2.61. The lowest BCUT2D eigenvalue weighted by Gasteiger charge is -2.10. The van der Waals surface area contributed by atoms with Gasteiger partial charge in [-0.25, -0.2) is 0 Å². The van der Waals surface area contributed by atoms with E-state index in [1.807, 2.05) is 0 Å². The van der Waals surface area contributed by atoms with Crippen molar-refractivity contribution in [2.45, 2.75) is 10.7 Å². The van der Waals surface area contributed by atoms with E-state index in [1.165, 1.54) is 19.3 Å². The molecule has 1 amide bonds. The summed E-state index contributed by atoms with van der Waals surface area (Å²) < 4.78 is 35.9. The highest BCUT2D eigenvalue weighted by Gasteiger charge is 2.11. The minimum atomic E-state index is -2.56. The third kappa shape index (κ3) is 6.45. The average Bonchev–Trinajstić information content (AvgIpc) is 2.66. The first kappa shape index (κ1) is 20.5. The normalized spacial score (nSPS) is 10.8. The fraction of sp³-hybridized carbons (Fsp3) is 0.150. The SMILES string of the molecule is C=CCOc1ccc(/C=C/C(=O)Nc2ccccc2SC(F)F)cc1OC. The highest BCUT2D eigenvalue weighted by Crippen LogP contribution is 2.32. The van der Waals surface area contributed by atoms with Crippen LogP contribution in [-0.4, -0.2) is 25.4 Å². The zero-order valence-electron chi connectivity index (χ0n) is 14.7. The molecule has 0 saturated carbocycles. The number of halogens is 2. The fourth-order valence-electron chi connectivity index (χ4n) is 2.17. The molecule has 27 heavy (non-hydrogen) atoms. The first-order chi connectivity index (χ1) is 13.0. The highest BCUT2D eigenvalue weighted by atomic mass is 32.2. The molecule has 0 saturated heterocycles. The van der Waals surface area contributed by atoms with E-state index in [9.17, 15) is 13.6 Å². The van der Waals surface area contributed by atoms with Crippen molar-refractivity contribution in [3.63, 3.8) is 0 Å². The molecule has 0 radical (unpaired) electrons. The number of benzene rings is 2. The predicted octanol–water partition coefficient (Wildman–Crippen LogP) is 5.23. The van der Waals surface area contributed by atoms with Crippen LogP contribution < -0.4 is 14.8 Å². The van der Waals surface area contributed by atoms with Gasteiger partial charge in [0.2, 0.25) is 5.91 Å². The number of hydrogen-bond acceptors (Lipinski definition) is 4. The van der Waals surface area contributed by atoms with Crippen molar-refractivity contribution in [2.24, 2.45) is 0 Å². The monoisotopic (exact) mass is 391 g/mol. The van der Waals surface area contributed by atoms with Gasteiger partial charge in [0.25, 0.3) is 5.76 Å². The molecule has 0 fully saturated rings. The molecule has 0 bridgehead atoms. The van der Waals surface area contributed by atoms with E-state index in [1.54, 1.807) is 48.6 Å². The molecule has 1 N–H and O–H groups in total. The third-order valence-corrected chi connectivity index (χ3v) is 4.12. The van der Waals surface area contributed by atoms with E-state index in [2.05, 4.69) is 11.9 Å². The number of anilines is 1. The second-order valence-electron chi connectivity index (χ2n) is 5.21. The number of para-hydroxylation sites is 1. The minimum absolute atomic E-state index is 0.305. The molecule has 0 aromatic heterocycles. The van der Waals surface area contributed by atoms with Crippen LogP contribution in [0.15, 0.2) is 66.1 Å². The van der Waals surface area contributed by atoms with Crippen LogP contribution in [0.2, 0.25) is 0 Å². The van der Waals surface area contributed by atoms with E-state index in [0.717, 1.165) is 5.56 Å². The number of hydrogen-bond donors (Lipinski definition) is 1. The number of alkyl halides is 2. The Kier molecular flexibility index (Phi) is 7.88. The number of carbonyl (C=O) groups is 1. The highest BCUT2D eigenvalue weighted by molar-refractivity contribution is 7.99. The fourth-order valence-corrected chi connectivity index (χ4v) is 2.77. The van der Waals surface area contributed by atoms with Gasteiger partial charge in [-0.1, -0.05) is 42.6 Å². The number of amides is 1. The Hall–Kier alpha value is -2.80. The zero-order chi connectivity index (χ0) is 19.6. The molecule has 0 unspecified atom stereocenters. The van der Waals surface area contributed by atoms with Gasteiger partial charge in [-0.3, -0.25) is 4.79 Å². The van der Waals surface area contributed by atoms with E-state index in [0.29, 0.717) is 40.5 Å². The van der Waals surface area contributed by atoms with Gasteiger partial charge in [-0.2, -0.15) is 8.78 Å². The quantitative estimate of drug-likeness (QED) is 0.361. The standard InChI is InChI=1S/C20H19F2NO3S/c1-3-12-26-16-10-8-14(13-17(16)25-2)9-11-19(24)23-15-6-4-5-7-18(15)27-20(21)22/h3-11,13,20H,1,12H2,2H3,(H,23,24)/b11-9+. The summed E-state index contributed by atoms with van der Waals surface area (Å²) in [6.45, 7) is 3.94. The third-order valence-electron chi connectivity index (χ3n) is 3.33. The van der Waals surface area contributed by atoms with Gasteiger partial charge in [-0.05, 0) is 35.9 Å². The first-order valence-corrected chi connectivity index (χ1v) is 8.86. The van der Waals surface area contributed by atoms with Crippen molar-refractivity contribution in [3.05, 3.63) is 66.8 Å². The second-order valence-corrected chi connectivity index (χ2v) is 6.24. The number of thioether (sulfide) groups is 1. The maximum Gasteiger partial charge on any atom is 0.288 e. The van der Waals surface area contributed by atoms with Crippen molar-refractivity contribution in [1.82, 2.24) is 0 Å². The average molecular weight is 391 g/mol. The summed E-state index contributed by atoms with van der Waals surface area (Å²) in [5.41, 5.74) is 1.06. The summed E-state index contributed by atoms with van der Waals surface area (Å²) in [7, 11) is 1.52. The Balaban J connectivity index is 2.07. The van der Waals surface area contributed by atoms with Gasteiger partial charge in [0.15, 0.2) is 11.5 Å². The summed E-state index contributed by atoms with van der Waals surface area (Å²) in [5.74, 6) is -1.90. The Morgan fingerprint density at radius 3 is 2.74 bits per heavy atom. The number of methoxy groups -OCH3 is 1. The molecule has 0 spiro atoms. The van der Waals surface area contributed by atoms with Crippen LogP contribution >= 0.6 is 11.8 Å². The molecule has 0 aliphatic carbocycles. The van der Waals surface area contributed by atoms with Crippen LogP contribution in [-0.2, 0) is 4.79 Å². The van der Waals surface area contributed by atoms with Gasteiger partial charge >= 0.3 is 0 Å². The van der Waals surface area contributed by atoms with Gasteiger partial charge in [0.05, 0.1) is 12.8 Å². The zero-order valence-corrected chi connectivity index (χ0v) is 15.5. The minimum Gasteiger partial charge on any atom is -0.493 e. The Morgan fingerprint density at radius 2 is 2.04 bits per heavy atom. The molecule has 2 aromatic rings. The van der Waals surface area contributed by atoms with Crippen LogP contribution in [0.4, 0.5) is 14.5 Å². The Morgan fingerprint density at radius 1 is 1.26 bits per heavy atom. The smallest absolute Gasteiger partial charge is 0.288 e. The second kappa shape index (κ2) is 10.4. The van der Waals surface area contributed by atoms with Crippen LogP contribution in [0, 0.1) is 0 Å². The molecule has 2 aromatic carbocycles. The predicted molar refractivity (Wildman–Crippen MR) is 105 cm³/mol. The van der Waals surface area contributed by atoms with Crippen LogP contribution in [0.3, 0.4) is 0 Å². The summed E-state index contributed by atoms with van der Waals surface area (Å²) in [6, 6.07) is 11.6. The van der Waals surface area contributed by atoms with Gasteiger partial charge in [0.1, 0.15) is 6.61 Å². The molecular formula is C20H19F2NO3S. The summed E-state index contributed by atoms with van der Waals surface area (Å²) >= 11 is 0.385. The lowest BCUT2D eigenvalue weighted by molar-refractivity contribution is -0.111. The number of carbonyl (C=O) groups excluding carboxylic acids is 1. The maximum atomic E-state index is 12.6. The van der Waals surface area contributed by atoms with Crippen LogP contribution in [0.25, 0.3) is 6.08 Å². The molecule has 7 heteroatoms. The van der Waals surface area contributed by atoms with Crippen LogP contribution in [0.5, 0.6) is 11.5 Å². The molecule has 2 rings (SSSR count). The lowest BCUT2D eigenvalue weighted by atomic mass is 10.2. The summed E-state index contributed by atoms with van der Waals surface area (Å²) in [4.78, 5) is 12.4. The van der Waals surface area contributed by atoms with Crippen molar-refractivity contribution in [1.29, 1.82) is 0 Å². The van der Waals surface area contributed by atoms with Gasteiger partial charge in [-0.15, -0.1) is 0 Å². The van der Waals surface area contributed by atoms with Crippen LogP contribution in [0.1, 0.15) is 5.56 Å². The molecule has 0 heterocycles. The van der Waals surface area contributed by atoms with E-state index < -0.39 is 11.7 Å². The van der Waals surface area contributed by atoms with Crippen molar-refractivity contribution >= 4 is 29.4 Å². The maximum absolute atomic E-state index is 12.6. The van der Waals surface area contributed by atoms with Gasteiger partial charge in [0, 0.05) is 11.0 Å². The van der Waals surface area contributed by atoms with E-state index >= 15 is 0 Å². The largest absolute Gasteiger partial charge is 0.493 e. The van der Waals surface area contributed by atoms with Crippen molar-refractivity contribution in [2.75, 3.05) is 19.0 Å². The first-order valence-electron chi connectivity index (χ1n) is 7.98. The molecule has 0 atom stereocenters. The number of rotatable bonds is 9. The Bertz CT molecular complexity index is 825. The van der Waals surface area contributed by atoms with Gasteiger partial charge < -0.3 is 14.8 Å². The van der Waals surface area contributed by atoms with Crippen molar-refractivity contribution in [3.8, 4) is 11.5 Å². The van der Waals surface area contributed by atoms with E-state index in [-0.39, 0.29) is 0 Å².